The molecule has 0 atom stereocenters. The number of hydrogen-bond acceptors (Lipinski definition) is 5. The molecule has 1 amide bonds. The molecule has 0 bridgehead atoms. The quantitative estimate of drug-likeness (QED) is 0.640. The van der Waals surface area contributed by atoms with Crippen LogP contribution in [0, 0.1) is 6.92 Å². The van der Waals surface area contributed by atoms with Gasteiger partial charge in [-0.15, -0.1) is 10.2 Å². The van der Waals surface area contributed by atoms with E-state index >= 15 is 0 Å². The van der Waals surface area contributed by atoms with E-state index in [-0.39, 0.29) is 11.7 Å². The Balaban J connectivity index is 1.64. The first-order chi connectivity index (χ1) is 12.0. The number of pyridine rings is 1. The Morgan fingerprint density at radius 3 is 2.72 bits per heavy atom. The average molecular weight is 418 g/mol. The Morgan fingerprint density at radius 2 is 2.00 bits per heavy atom. The molecule has 0 unspecified atom stereocenters. The lowest BCUT2D eigenvalue weighted by atomic mass is 10.2. The molecule has 128 valence electrons. The number of aryl methyl sites for hydroxylation is 1. The summed E-state index contributed by atoms with van der Waals surface area (Å²) in [4.78, 5) is 16.2. The zero-order chi connectivity index (χ0) is 17.8. The molecule has 0 aliphatic heterocycles. The third-order valence-corrected chi connectivity index (χ3v) is 5.18. The number of carbonyl (C=O) groups excluding carboxylic acids is 1. The highest BCUT2D eigenvalue weighted by atomic mass is 79.9. The summed E-state index contributed by atoms with van der Waals surface area (Å²) in [5.74, 6) is 0.900. The smallest absolute Gasteiger partial charge is 0.234 e. The Bertz CT molecular complexity index is 897. The SMILES string of the molecule is Cc1ccc(NC(=O)CSc2nnc(-c3ccncc3)n2C)c(Br)c1. The highest BCUT2D eigenvalue weighted by Gasteiger charge is 2.13. The number of carbonyl (C=O) groups is 1. The second-order valence-corrected chi connectivity index (χ2v) is 7.22. The molecule has 0 saturated heterocycles. The second-order valence-electron chi connectivity index (χ2n) is 5.42. The molecule has 8 heteroatoms. The van der Waals surface area contributed by atoms with Crippen LogP contribution in [0.25, 0.3) is 11.4 Å². The number of benzene rings is 1. The van der Waals surface area contributed by atoms with Gasteiger partial charge in [-0.05, 0) is 52.7 Å². The lowest BCUT2D eigenvalue weighted by Crippen LogP contribution is -2.14. The number of thioether (sulfide) groups is 1. The van der Waals surface area contributed by atoms with Gasteiger partial charge >= 0.3 is 0 Å². The molecule has 0 aliphatic rings. The summed E-state index contributed by atoms with van der Waals surface area (Å²) in [6.07, 6.45) is 3.42. The number of halogens is 1. The number of amides is 1. The molecule has 3 aromatic rings. The van der Waals surface area contributed by atoms with Crippen LogP contribution in [0.3, 0.4) is 0 Å². The molecule has 6 nitrogen and oxygen atoms in total. The summed E-state index contributed by atoms with van der Waals surface area (Å²) in [7, 11) is 1.88. The zero-order valence-electron chi connectivity index (χ0n) is 13.7. The van der Waals surface area contributed by atoms with E-state index in [2.05, 4.69) is 36.4 Å². The van der Waals surface area contributed by atoms with Crippen molar-refractivity contribution in [1.82, 2.24) is 19.7 Å². The zero-order valence-corrected chi connectivity index (χ0v) is 16.1. The molecule has 0 spiro atoms. The molecule has 25 heavy (non-hydrogen) atoms. The van der Waals surface area contributed by atoms with E-state index in [1.807, 2.05) is 48.9 Å². The van der Waals surface area contributed by atoms with Crippen molar-refractivity contribution < 1.29 is 4.79 Å². The number of rotatable bonds is 5. The van der Waals surface area contributed by atoms with Gasteiger partial charge in [-0.25, -0.2) is 0 Å². The standard InChI is InChI=1S/C17H16BrN5OS/c1-11-3-4-14(13(18)9-11)20-15(24)10-25-17-22-21-16(23(17)2)12-5-7-19-8-6-12/h3-9H,10H2,1-2H3,(H,20,24). The first-order valence-electron chi connectivity index (χ1n) is 7.53. The molecular weight excluding hydrogens is 402 g/mol. The van der Waals surface area contributed by atoms with Crippen LogP contribution in [-0.4, -0.2) is 31.4 Å². The van der Waals surface area contributed by atoms with Crippen molar-refractivity contribution in [1.29, 1.82) is 0 Å². The number of aromatic nitrogens is 4. The highest BCUT2D eigenvalue weighted by molar-refractivity contribution is 9.10. The lowest BCUT2D eigenvalue weighted by molar-refractivity contribution is -0.113. The number of hydrogen-bond donors (Lipinski definition) is 1. The Hall–Kier alpha value is -2.19. The van der Waals surface area contributed by atoms with Crippen LogP contribution < -0.4 is 5.32 Å². The van der Waals surface area contributed by atoms with E-state index in [4.69, 9.17) is 0 Å². The van der Waals surface area contributed by atoms with Gasteiger partial charge in [0, 0.05) is 29.5 Å². The van der Waals surface area contributed by atoms with E-state index in [9.17, 15) is 4.79 Å². The summed E-state index contributed by atoms with van der Waals surface area (Å²) in [6.45, 7) is 2.00. The van der Waals surface area contributed by atoms with Crippen molar-refractivity contribution in [2.75, 3.05) is 11.1 Å². The van der Waals surface area contributed by atoms with Crippen LogP contribution in [0.15, 0.2) is 52.4 Å². The third kappa shape index (κ3) is 4.26. The van der Waals surface area contributed by atoms with Crippen molar-refractivity contribution in [3.05, 3.63) is 52.8 Å². The van der Waals surface area contributed by atoms with E-state index in [1.54, 1.807) is 12.4 Å². The van der Waals surface area contributed by atoms with Crippen molar-refractivity contribution in [2.45, 2.75) is 12.1 Å². The number of nitrogens with one attached hydrogen (secondary N) is 1. The molecule has 1 aromatic carbocycles. The molecule has 2 aromatic heterocycles. The molecule has 0 saturated carbocycles. The maximum absolute atomic E-state index is 12.2. The third-order valence-electron chi connectivity index (χ3n) is 3.50. The Labute approximate surface area is 158 Å². The largest absolute Gasteiger partial charge is 0.324 e. The van der Waals surface area contributed by atoms with Gasteiger partial charge in [0.05, 0.1) is 11.4 Å². The summed E-state index contributed by atoms with van der Waals surface area (Å²) < 4.78 is 2.74. The Kier molecular flexibility index (Phi) is 5.50. The van der Waals surface area contributed by atoms with E-state index in [0.29, 0.717) is 5.16 Å². The first kappa shape index (κ1) is 17.6. The van der Waals surface area contributed by atoms with Gasteiger partial charge in [-0.2, -0.15) is 0 Å². The summed E-state index contributed by atoms with van der Waals surface area (Å²) in [5, 5.41) is 11.9. The second kappa shape index (κ2) is 7.79. The van der Waals surface area contributed by atoms with Gasteiger partial charge in [-0.1, -0.05) is 17.8 Å². The van der Waals surface area contributed by atoms with Crippen LogP contribution in [0.5, 0.6) is 0 Å². The van der Waals surface area contributed by atoms with Gasteiger partial charge in [0.2, 0.25) is 5.91 Å². The molecule has 0 fully saturated rings. The summed E-state index contributed by atoms with van der Waals surface area (Å²) >= 11 is 4.80. The molecule has 3 rings (SSSR count). The van der Waals surface area contributed by atoms with Gasteiger partial charge in [-0.3, -0.25) is 9.78 Å². The van der Waals surface area contributed by atoms with Crippen LogP contribution in [0.1, 0.15) is 5.56 Å². The fourth-order valence-corrected chi connectivity index (χ4v) is 3.53. The molecule has 1 N–H and O–H groups in total. The average Bonchev–Trinajstić information content (AvgIpc) is 2.97. The predicted molar refractivity (Wildman–Crippen MR) is 102 cm³/mol. The minimum Gasteiger partial charge on any atom is -0.324 e. The van der Waals surface area contributed by atoms with Crippen molar-refractivity contribution in [3.8, 4) is 11.4 Å². The summed E-state index contributed by atoms with van der Waals surface area (Å²) in [6, 6.07) is 9.55. The number of anilines is 1. The highest BCUT2D eigenvalue weighted by Crippen LogP contribution is 2.25. The van der Waals surface area contributed by atoms with Crippen molar-refractivity contribution >= 4 is 39.3 Å². The maximum Gasteiger partial charge on any atom is 0.234 e. The maximum atomic E-state index is 12.2. The fourth-order valence-electron chi connectivity index (χ4n) is 2.23. The molecule has 0 radical (unpaired) electrons. The molecule has 0 aliphatic carbocycles. The van der Waals surface area contributed by atoms with Gasteiger partial charge < -0.3 is 9.88 Å². The molecule has 2 heterocycles. The van der Waals surface area contributed by atoms with Gasteiger partial charge in [0.1, 0.15) is 0 Å². The topological polar surface area (TPSA) is 72.7 Å². The van der Waals surface area contributed by atoms with E-state index in [0.717, 1.165) is 27.1 Å². The van der Waals surface area contributed by atoms with Crippen LogP contribution >= 0.6 is 27.7 Å². The van der Waals surface area contributed by atoms with Gasteiger partial charge in [0.25, 0.3) is 0 Å². The van der Waals surface area contributed by atoms with Crippen LogP contribution in [0.2, 0.25) is 0 Å². The van der Waals surface area contributed by atoms with Crippen molar-refractivity contribution in [3.63, 3.8) is 0 Å². The van der Waals surface area contributed by atoms with E-state index < -0.39 is 0 Å². The molecular formula is C17H16BrN5OS. The first-order valence-corrected chi connectivity index (χ1v) is 9.31. The van der Waals surface area contributed by atoms with Crippen molar-refractivity contribution in [2.24, 2.45) is 7.05 Å². The lowest BCUT2D eigenvalue weighted by Gasteiger charge is -2.08. The number of nitrogens with zero attached hydrogens (tertiary/aromatic N) is 4. The summed E-state index contributed by atoms with van der Waals surface area (Å²) in [5.41, 5.74) is 2.82. The fraction of sp³-hybridized carbons (Fsp3) is 0.176. The van der Waals surface area contributed by atoms with E-state index in [1.165, 1.54) is 11.8 Å². The Morgan fingerprint density at radius 1 is 1.24 bits per heavy atom. The minimum absolute atomic E-state index is 0.0944. The van der Waals surface area contributed by atoms with Crippen LogP contribution in [-0.2, 0) is 11.8 Å². The normalized spacial score (nSPS) is 10.7. The monoisotopic (exact) mass is 417 g/mol. The predicted octanol–water partition coefficient (Wildman–Crippen LogP) is 3.68. The minimum atomic E-state index is -0.0944. The van der Waals surface area contributed by atoms with Gasteiger partial charge in [0.15, 0.2) is 11.0 Å². The van der Waals surface area contributed by atoms with Crippen LogP contribution in [0.4, 0.5) is 5.69 Å².